The van der Waals surface area contributed by atoms with Gasteiger partial charge in [0.2, 0.25) is 0 Å². The molecule has 0 unspecified atom stereocenters. The van der Waals surface area contributed by atoms with E-state index >= 15 is 0 Å². The van der Waals surface area contributed by atoms with E-state index in [0.717, 1.165) is 25.3 Å². The Kier molecular flexibility index (Phi) is 3.92. The van der Waals surface area contributed by atoms with Gasteiger partial charge in [-0.15, -0.1) is 0 Å². The molecule has 2 rings (SSSR count). The Hall–Kier alpha value is -0.680. The average molecular weight is 320 g/mol. The van der Waals surface area contributed by atoms with Gasteiger partial charge in [0.05, 0.1) is 4.47 Å². The SMILES string of the molecule is NCC1(c2c(O)c(Br)cc(F)c2F)CCCCC1. The minimum absolute atomic E-state index is 0.0385. The molecule has 1 aromatic rings. The van der Waals surface area contributed by atoms with Crippen molar-refractivity contribution in [3.05, 3.63) is 27.7 Å². The summed E-state index contributed by atoms with van der Waals surface area (Å²) in [4.78, 5) is 0. The molecule has 0 aliphatic heterocycles. The monoisotopic (exact) mass is 319 g/mol. The van der Waals surface area contributed by atoms with E-state index in [9.17, 15) is 13.9 Å². The molecular formula is C13H16BrF2NO. The van der Waals surface area contributed by atoms with Crippen LogP contribution in [0.25, 0.3) is 0 Å². The third kappa shape index (κ3) is 2.14. The van der Waals surface area contributed by atoms with Crippen LogP contribution in [0.5, 0.6) is 5.75 Å². The van der Waals surface area contributed by atoms with E-state index in [1.165, 1.54) is 0 Å². The quantitative estimate of drug-likeness (QED) is 0.818. The van der Waals surface area contributed by atoms with Crippen molar-refractivity contribution in [2.75, 3.05) is 6.54 Å². The van der Waals surface area contributed by atoms with Gasteiger partial charge in [0, 0.05) is 17.5 Å². The topological polar surface area (TPSA) is 46.2 Å². The molecule has 1 aromatic carbocycles. The minimum atomic E-state index is -0.969. The second kappa shape index (κ2) is 5.13. The highest BCUT2D eigenvalue weighted by Crippen LogP contribution is 2.46. The number of hydrogen-bond donors (Lipinski definition) is 2. The zero-order valence-corrected chi connectivity index (χ0v) is 11.6. The summed E-state index contributed by atoms with van der Waals surface area (Å²) in [7, 11) is 0. The molecule has 1 saturated carbocycles. The highest BCUT2D eigenvalue weighted by atomic mass is 79.9. The zero-order valence-electron chi connectivity index (χ0n) is 9.98. The van der Waals surface area contributed by atoms with Crippen LogP contribution >= 0.6 is 15.9 Å². The molecule has 1 aliphatic carbocycles. The van der Waals surface area contributed by atoms with Gasteiger partial charge < -0.3 is 10.8 Å². The van der Waals surface area contributed by atoms with Crippen LogP contribution in [0.1, 0.15) is 37.7 Å². The van der Waals surface area contributed by atoms with Gasteiger partial charge in [-0.1, -0.05) is 19.3 Å². The van der Waals surface area contributed by atoms with Gasteiger partial charge in [-0.2, -0.15) is 0 Å². The standard InChI is InChI=1S/C13H16BrF2NO/c14-8-6-9(15)11(16)10(12(8)18)13(7-17)4-2-1-3-5-13/h6,18H,1-5,7,17H2. The van der Waals surface area contributed by atoms with Crippen molar-refractivity contribution in [1.29, 1.82) is 0 Å². The summed E-state index contributed by atoms with van der Waals surface area (Å²) < 4.78 is 27.7. The lowest BCUT2D eigenvalue weighted by Crippen LogP contribution is -2.38. The Labute approximate surface area is 113 Å². The van der Waals surface area contributed by atoms with Crippen molar-refractivity contribution < 1.29 is 13.9 Å². The van der Waals surface area contributed by atoms with Gasteiger partial charge in [-0.25, -0.2) is 8.78 Å². The molecular weight excluding hydrogens is 304 g/mol. The first-order chi connectivity index (χ1) is 8.52. The molecule has 5 heteroatoms. The fourth-order valence-corrected chi connectivity index (χ4v) is 3.25. The molecule has 18 heavy (non-hydrogen) atoms. The van der Waals surface area contributed by atoms with Gasteiger partial charge in [-0.3, -0.25) is 0 Å². The van der Waals surface area contributed by atoms with E-state index in [1.807, 2.05) is 0 Å². The van der Waals surface area contributed by atoms with Gasteiger partial charge in [0.1, 0.15) is 5.75 Å². The zero-order chi connectivity index (χ0) is 13.3. The summed E-state index contributed by atoms with van der Waals surface area (Å²) in [6, 6.07) is 0.946. The van der Waals surface area contributed by atoms with Crippen LogP contribution in [-0.2, 0) is 5.41 Å². The van der Waals surface area contributed by atoms with E-state index < -0.39 is 17.0 Å². The molecule has 0 aromatic heterocycles. The first kappa shape index (κ1) is 13.7. The number of halogens is 3. The Morgan fingerprint density at radius 2 is 1.89 bits per heavy atom. The van der Waals surface area contributed by atoms with Gasteiger partial charge in [-0.05, 0) is 34.8 Å². The van der Waals surface area contributed by atoms with Gasteiger partial charge >= 0.3 is 0 Å². The summed E-state index contributed by atoms with van der Waals surface area (Å²) in [5.74, 6) is -2.14. The maximum atomic E-state index is 14.0. The number of phenolic OH excluding ortho intramolecular Hbond substituents is 1. The van der Waals surface area contributed by atoms with Crippen molar-refractivity contribution in [3.8, 4) is 5.75 Å². The van der Waals surface area contributed by atoms with Crippen LogP contribution in [0, 0.1) is 11.6 Å². The summed E-state index contributed by atoms with van der Waals surface area (Å²) in [6.45, 7) is 0.216. The number of rotatable bonds is 2. The lowest BCUT2D eigenvalue weighted by molar-refractivity contribution is 0.276. The average Bonchev–Trinajstić information content (AvgIpc) is 2.38. The maximum Gasteiger partial charge on any atom is 0.166 e. The summed E-state index contributed by atoms with van der Waals surface area (Å²) in [6.07, 6.45) is 4.28. The number of benzene rings is 1. The number of phenols is 1. The molecule has 0 spiro atoms. The molecule has 0 amide bonds. The Morgan fingerprint density at radius 3 is 2.44 bits per heavy atom. The molecule has 1 aliphatic rings. The first-order valence-electron chi connectivity index (χ1n) is 6.09. The lowest BCUT2D eigenvalue weighted by Gasteiger charge is -2.37. The Bertz CT molecular complexity index is 433. The molecule has 0 saturated heterocycles. The molecule has 0 radical (unpaired) electrons. The number of nitrogens with two attached hydrogens (primary N) is 1. The molecule has 3 N–H and O–H groups in total. The van der Waals surface area contributed by atoms with Gasteiger partial charge in [0.15, 0.2) is 11.6 Å². The number of hydrogen-bond acceptors (Lipinski definition) is 2. The molecule has 0 heterocycles. The van der Waals surface area contributed by atoms with Crippen molar-refractivity contribution in [2.24, 2.45) is 5.73 Å². The minimum Gasteiger partial charge on any atom is -0.506 e. The lowest BCUT2D eigenvalue weighted by atomic mass is 9.69. The third-order valence-corrected chi connectivity index (χ3v) is 4.48. The van der Waals surface area contributed by atoms with E-state index in [0.29, 0.717) is 12.8 Å². The van der Waals surface area contributed by atoms with Crippen LogP contribution in [-0.4, -0.2) is 11.7 Å². The third-order valence-electron chi connectivity index (χ3n) is 3.88. The molecule has 1 fully saturated rings. The predicted molar refractivity (Wildman–Crippen MR) is 69.5 cm³/mol. The fourth-order valence-electron chi connectivity index (χ4n) is 2.85. The normalized spacial score (nSPS) is 18.9. The van der Waals surface area contributed by atoms with Crippen molar-refractivity contribution in [3.63, 3.8) is 0 Å². The van der Waals surface area contributed by atoms with Crippen molar-refractivity contribution in [2.45, 2.75) is 37.5 Å². The van der Waals surface area contributed by atoms with E-state index in [1.54, 1.807) is 0 Å². The second-order valence-electron chi connectivity index (χ2n) is 4.92. The van der Waals surface area contributed by atoms with Crippen LogP contribution in [0.3, 0.4) is 0 Å². The largest absolute Gasteiger partial charge is 0.506 e. The molecule has 2 nitrogen and oxygen atoms in total. The van der Waals surface area contributed by atoms with Crippen molar-refractivity contribution in [1.82, 2.24) is 0 Å². The highest BCUT2D eigenvalue weighted by Gasteiger charge is 2.38. The maximum absolute atomic E-state index is 14.0. The Morgan fingerprint density at radius 1 is 1.28 bits per heavy atom. The van der Waals surface area contributed by atoms with Crippen LogP contribution in [0.2, 0.25) is 0 Å². The molecule has 0 atom stereocenters. The van der Waals surface area contributed by atoms with Crippen molar-refractivity contribution >= 4 is 15.9 Å². The van der Waals surface area contributed by atoms with Crippen LogP contribution in [0.15, 0.2) is 10.5 Å². The molecule has 100 valence electrons. The van der Waals surface area contributed by atoms with E-state index in [-0.39, 0.29) is 22.3 Å². The molecule has 0 bridgehead atoms. The van der Waals surface area contributed by atoms with Gasteiger partial charge in [0.25, 0.3) is 0 Å². The van der Waals surface area contributed by atoms with Crippen LogP contribution < -0.4 is 5.73 Å². The summed E-state index contributed by atoms with van der Waals surface area (Å²) in [5, 5.41) is 10.0. The number of aromatic hydroxyl groups is 1. The second-order valence-corrected chi connectivity index (χ2v) is 5.78. The Balaban J connectivity index is 2.61. The fraction of sp³-hybridized carbons (Fsp3) is 0.538. The van der Waals surface area contributed by atoms with Crippen LogP contribution in [0.4, 0.5) is 8.78 Å². The van der Waals surface area contributed by atoms with E-state index in [2.05, 4.69) is 15.9 Å². The highest BCUT2D eigenvalue weighted by molar-refractivity contribution is 9.10. The summed E-state index contributed by atoms with van der Waals surface area (Å²) >= 11 is 3.05. The van der Waals surface area contributed by atoms with E-state index in [4.69, 9.17) is 5.73 Å². The predicted octanol–water partition coefficient (Wildman–Crippen LogP) is 3.59. The first-order valence-corrected chi connectivity index (χ1v) is 6.88. The summed E-state index contributed by atoms with van der Waals surface area (Å²) in [5.41, 5.74) is 5.19. The smallest absolute Gasteiger partial charge is 0.166 e.